The predicted octanol–water partition coefficient (Wildman–Crippen LogP) is 4.35. The Morgan fingerprint density at radius 2 is 1.80 bits per heavy atom. The largest absolute Gasteiger partial charge is 0.349 e. The third-order valence-electron chi connectivity index (χ3n) is 6.37. The van der Waals surface area contributed by atoms with E-state index in [1.807, 2.05) is 48.2 Å². The number of nitrogens with one attached hydrogen (secondary N) is 1. The number of likely N-dealkylation sites (tertiary alicyclic amines) is 1. The van der Waals surface area contributed by atoms with Crippen molar-refractivity contribution in [2.45, 2.75) is 45.1 Å². The van der Waals surface area contributed by atoms with Crippen LogP contribution in [0.4, 0.5) is 4.39 Å². The summed E-state index contributed by atoms with van der Waals surface area (Å²) in [5, 5.41) is 3.13. The van der Waals surface area contributed by atoms with Gasteiger partial charge in [0.05, 0.1) is 12.0 Å². The predicted molar refractivity (Wildman–Crippen MR) is 114 cm³/mol. The number of amides is 2. The van der Waals surface area contributed by atoms with Crippen LogP contribution in [0.5, 0.6) is 0 Å². The van der Waals surface area contributed by atoms with E-state index in [0.717, 1.165) is 24.0 Å². The van der Waals surface area contributed by atoms with Crippen LogP contribution in [-0.4, -0.2) is 29.8 Å². The maximum Gasteiger partial charge on any atom is 0.225 e. The SMILES string of the molecule is Cc1cc([C@@H]2C[C@@H](C(=O)N[C@@H](C)c3ccccc3)CN(C(=O)C3CC3)C2)ccc1F. The Kier molecular flexibility index (Phi) is 5.89. The molecule has 0 aromatic heterocycles. The van der Waals surface area contributed by atoms with Crippen molar-refractivity contribution in [3.63, 3.8) is 0 Å². The minimum Gasteiger partial charge on any atom is -0.349 e. The summed E-state index contributed by atoms with van der Waals surface area (Å²) in [6, 6.07) is 14.9. The van der Waals surface area contributed by atoms with Crippen molar-refractivity contribution in [1.29, 1.82) is 0 Å². The molecule has 1 N–H and O–H groups in total. The molecule has 1 heterocycles. The summed E-state index contributed by atoms with van der Waals surface area (Å²) < 4.78 is 13.8. The van der Waals surface area contributed by atoms with Crippen molar-refractivity contribution in [1.82, 2.24) is 10.2 Å². The molecule has 0 bridgehead atoms. The van der Waals surface area contributed by atoms with Crippen molar-refractivity contribution in [2.24, 2.45) is 11.8 Å². The molecule has 2 aromatic rings. The van der Waals surface area contributed by atoms with Crippen LogP contribution in [0.25, 0.3) is 0 Å². The van der Waals surface area contributed by atoms with Gasteiger partial charge in [0.2, 0.25) is 11.8 Å². The molecular formula is C25H29FN2O2. The number of halogens is 1. The van der Waals surface area contributed by atoms with Gasteiger partial charge in [-0.3, -0.25) is 9.59 Å². The van der Waals surface area contributed by atoms with Gasteiger partial charge in [0.15, 0.2) is 0 Å². The molecule has 158 valence electrons. The minimum absolute atomic E-state index is 0.0246. The Bertz CT molecular complexity index is 926. The number of aryl methyl sites for hydroxylation is 1. The smallest absolute Gasteiger partial charge is 0.225 e. The molecule has 30 heavy (non-hydrogen) atoms. The zero-order valence-electron chi connectivity index (χ0n) is 17.6. The van der Waals surface area contributed by atoms with E-state index in [4.69, 9.17) is 0 Å². The van der Waals surface area contributed by atoms with Crippen LogP contribution in [0.15, 0.2) is 48.5 Å². The number of rotatable bonds is 5. The molecule has 2 amide bonds. The summed E-state index contributed by atoms with van der Waals surface area (Å²) in [5.74, 6) is -0.223. The number of hydrogen-bond acceptors (Lipinski definition) is 2. The summed E-state index contributed by atoms with van der Waals surface area (Å²) >= 11 is 0. The quantitative estimate of drug-likeness (QED) is 0.799. The van der Waals surface area contributed by atoms with E-state index in [0.29, 0.717) is 25.1 Å². The van der Waals surface area contributed by atoms with E-state index in [9.17, 15) is 14.0 Å². The van der Waals surface area contributed by atoms with Crippen molar-refractivity contribution in [2.75, 3.05) is 13.1 Å². The minimum atomic E-state index is -0.275. The third-order valence-corrected chi connectivity index (χ3v) is 6.37. The van der Waals surface area contributed by atoms with Crippen molar-refractivity contribution in [3.05, 3.63) is 71.0 Å². The third kappa shape index (κ3) is 4.55. The Morgan fingerprint density at radius 3 is 2.47 bits per heavy atom. The summed E-state index contributed by atoms with van der Waals surface area (Å²) in [7, 11) is 0. The normalized spacial score (nSPS) is 22.4. The standard InChI is InChI=1S/C25H29FN2O2/c1-16-12-20(10-11-23(16)26)21-13-22(15-28(14-21)25(30)19-8-9-19)24(29)27-17(2)18-6-4-3-5-7-18/h3-7,10-12,17,19,21-22H,8-9,13-15H2,1-2H3,(H,27,29)/t17-,21+,22+/m0/s1. The van der Waals surface area contributed by atoms with Gasteiger partial charge in [-0.25, -0.2) is 4.39 Å². The van der Waals surface area contributed by atoms with Crippen LogP contribution in [0, 0.1) is 24.6 Å². The van der Waals surface area contributed by atoms with Crippen LogP contribution in [0.3, 0.4) is 0 Å². The topological polar surface area (TPSA) is 49.4 Å². The first kappa shape index (κ1) is 20.6. The molecule has 4 nitrogen and oxygen atoms in total. The van der Waals surface area contributed by atoms with E-state index in [1.165, 1.54) is 6.07 Å². The Morgan fingerprint density at radius 1 is 1.07 bits per heavy atom. The van der Waals surface area contributed by atoms with Gasteiger partial charge in [0.1, 0.15) is 5.82 Å². The Hall–Kier alpha value is -2.69. The highest BCUT2D eigenvalue weighted by Crippen LogP contribution is 2.36. The lowest BCUT2D eigenvalue weighted by Gasteiger charge is -2.38. The van der Waals surface area contributed by atoms with Crippen molar-refractivity contribution in [3.8, 4) is 0 Å². The van der Waals surface area contributed by atoms with E-state index in [1.54, 1.807) is 13.0 Å². The highest BCUT2D eigenvalue weighted by molar-refractivity contribution is 5.84. The zero-order valence-corrected chi connectivity index (χ0v) is 17.6. The number of carbonyl (C=O) groups is 2. The molecule has 1 saturated heterocycles. The fourth-order valence-electron chi connectivity index (χ4n) is 4.38. The van der Waals surface area contributed by atoms with Gasteiger partial charge >= 0.3 is 0 Å². The van der Waals surface area contributed by atoms with Crippen LogP contribution < -0.4 is 5.32 Å². The molecule has 5 heteroatoms. The second kappa shape index (κ2) is 8.58. The zero-order chi connectivity index (χ0) is 21.3. The number of nitrogens with zero attached hydrogens (tertiary/aromatic N) is 1. The van der Waals surface area contributed by atoms with E-state index >= 15 is 0 Å². The van der Waals surface area contributed by atoms with Gasteiger partial charge in [0.25, 0.3) is 0 Å². The molecule has 0 spiro atoms. The van der Waals surface area contributed by atoms with Gasteiger partial charge in [-0.15, -0.1) is 0 Å². The molecule has 0 unspecified atom stereocenters. The highest BCUT2D eigenvalue weighted by atomic mass is 19.1. The van der Waals surface area contributed by atoms with Crippen LogP contribution in [0.2, 0.25) is 0 Å². The average molecular weight is 409 g/mol. The van der Waals surface area contributed by atoms with Crippen molar-refractivity contribution < 1.29 is 14.0 Å². The molecule has 0 radical (unpaired) electrons. The fourth-order valence-corrected chi connectivity index (χ4v) is 4.38. The van der Waals surface area contributed by atoms with Gasteiger partial charge in [-0.05, 0) is 55.9 Å². The van der Waals surface area contributed by atoms with Crippen LogP contribution >= 0.6 is 0 Å². The second-order valence-corrected chi connectivity index (χ2v) is 8.80. The Balaban J connectivity index is 1.52. The molecular weight excluding hydrogens is 379 g/mol. The number of carbonyl (C=O) groups excluding carboxylic acids is 2. The van der Waals surface area contributed by atoms with E-state index in [2.05, 4.69) is 5.32 Å². The average Bonchev–Trinajstić information content (AvgIpc) is 3.61. The van der Waals surface area contributed by atoms with Gasteiger partial charge < -0.3 is 10.2 Å². The highest BCUT2D eigenvalue weighted by Gasteiger charge is 2.40. The lowest BCUT2D eigenvalue weighted by molar-refractivity contribution is -0.137. The first-order valence-corrected chi connectivity index (χ1v) is 10.8. The first-order chi connectivity index (χ1) is 14.4. The fraction of sp³-hybridized carbons (Fsp3) is 0.440. The summed E-state index contributed by atoms with van der Waals surface area (Å²) in [4.78, 5) is 27.8. The number of piperidine rings is 1. The molecule has 1 saturated carbocycles. The second-order valence-electron chi connectivity index (χ2n) is 8.80. The summed E-state index contributed by atoms with van der Waals surface area (Å²) in [5.41, 5.74) is 2.64. The van der Waals surface area contributed by atoms with E-state index < -0.39 is 0 Å². The van der Waals surface area contributed by atoms with E-state index in [-0.39, 0.29) is 41.4 Å². The number of benzene rings is 2. The molecule has 4 rings (SSSR count). The molecule has 2 aliphatic rings. The van der Waals surface area contributed by atoms with Gasteiger partial charge in [0, 0.05) is 24.9 Å². The molecule has 1 aliphatic carbocycles. The van der Waals surface area contributed by atoms with Crippen molar-refractivity contribution >= 4 is 11.8 Å². The summed E-state index contributed by atoms with van der Waals surface area (Å²) in [6.07, 6.45) is 2.54. The molecule has 1 aliphatic heterocycles. The molecule has 2 aromatic carbocycles. The number of hydrogen-bond donors (Lipinski definition) is 1. The van der Waals surface area contributed by atoms with Gasteiger partial charge in [-0.1, -0.05) is 42.5 Å². The Labute approximate surface area is 177 Å². The van der Waals surface area contributed by atoms with Gasteiger partial charge in [-0.2, -0.15) is 0 Å². The lowest BCUT2D eigenvalue weighted by atomic mass is 9.83. The first-order valence-electron chi connectivity index (χ1n) is 10.8. The maximum absolute atomic E-state index is 13.8. The summed E-state index contributed by atoms with van der Waals surface area (Å²) in [6.45, 7) is 4.78. The molecule has 3 atom stereocenters. The lowest BCUT2D eigenvalue weighted by Crippen LogP contribution is -2.48. The molecule has 2 fully saturated rings. The monoisotopic (exact) mass is 408 g/mol. The van der Waals surface area contributed by atoms with Crippen LogP contribution in [-0.2, 0) is 9.59 Å². The van der Waals surface area contributed by atoms with Crippen LogP contribution in [0.1, 0.15) is 54.8 Å². The maximum atomic E-state index is 13.8.